The predicted molar refractivity (Wildman–Crippen MR) is 169 cm³/mol. The van der Waals surface area contributed by atoms with Crippen molar-refractivity contribution in [2.75, 3.05) is 7.11 Å². The number of carboxylic acids is 1. The zero-order valence-electron chi connectivity index (χ0n) is 26.0. The van der Waals surface area contributed by atoms with Gasteiger partial charge in [0.25, 0.3) is 0 Å². The molecule has 3 N–H and O–H groups in total. The number of ketones is 1. The fourth-order valence-electron chi connectivity index (χ4n) is 7.46. The number of rotatable bonds is 6. The van der Waals surface area contributed by atoms with Gasteiger partial charge in [0.2, 0.25) is 0 Å². The molecule has 9 nitrogen and oxygen atoms in total. The molecule has 44 heavy (non-hydrogen) atoms. The topological polar surface area (TPSA) is 138 Å². The summed E-state index contributed by atoms with van der Waals surface area (Å²) in [6.45, 7) is 14.3. The van der Waals surface area contributed by atoms with Crippen LogP contribution >= 0.6 is 0 Å². The highest BCUT2D eigenvalue weighted by Gasteiger charge is 2.52. The Balaban J connectivity index is 1.81. The molecule has 3 aromatic rings. The van der Waals surface area contributed by atoms with Crippen molar-refractivity contribution in [2.24, 2.45) is 0 Å². The molecule has 3 aromatic heterocycles. The molecule has 5 heterocycles. The molecule has 9 heteroatoms. The van der Waals surface area contributed by atoms with E-state index in [4.69, 9.17) is 14.7 Å². The molecule has 0 aromatic carbocycles. The van der Waals surface area contributed by atoms with Crippen molar-refractivity contribution < 1.29 is 24.2 Å². The Morgan fingerprint density at radius 3 is 2.27 bits per heavy atom. The van der Waals surface area contributed by atoms with E-state index in [1.165, 1.54) is 7.11 Å². The number of ether oxygens (including phenoxy) is 1. The lowest BCUT2D eigenvalue weighted by atomic mass is 9.84. The number of carbonyl (C=O) groups is 3. The second-order valence-electron chi connectivity index (χ2n) is 12.2. The highest BCUT2D eigenvalue weighted by Crippen LogP contribution is 2.52. The number of carbonyl (C=O) groups excluding carboxylic acids is 2. The van der Waals surface area contributed by atoms with E-state index in [-0.39, 0.29) is 30.0 Å². The fraction of sp³-hybridized carbons (Fsp3) is 0.400. The maximum absolute atomic E-state index is 14.0. The van der Waals surface area contributed by atoms with Gasteiger partial charge >= 0.3 is 11.9 Å². The van der Waals surface area contributed by atoms with Gasteiger partial charge in [-0.2, -0.15) is 0 Å². The molecule has 0 saturated carbocycles. The van der Waals surface area contributed by atoms with E-state index in [1.807, 2.05) is 39.0 Å². The maximum atomic E-state index is 14.0. The summed E-state index contributed by atoms with van der Waals surface area (Å²) in [5.41, 5.74) is 11.1. The van der Waals surface area contributed by atoms with Crippen molar-refractivity contribution in [3.05, 3.63) is 75.4 Å². The Labute approximate surface area is 255 Å². The summed E-state index contributed by atoms with van der Waals surface area (Å²) >= 11 is 0. The van der Waals surface area contributed by atoms with E-state index in [2.05, 4.69) is 36.5 Å². The van der Waals surface area contributed by atoms with Crippen LogP contribution in [0.25, 0.3) is 28.1 Å². The predicted octanol–water partition coefficient (Wildman–Crippen LogP) is 6.62. The van der Waals surface area contributed by atoms with Crippen LogP contribution in [0.1, 0.15) is 114 Å². The number of aromatic nitrogens is 4. The lowest BCUT2D eigenvalue weighted by Crippen LogP contribution is -2.23. The molecule has 0 radical (unpaired) electrons. The minimum absolute atomic E-state index is 0.0712. The number of hydrogen-bond donors (Lipinski definition) is 3. The second-order valence-corrected chi connectivity index (χ2v) is 12.2. The Bertz CT molecular complexity index is 1920. The van der Waals surface area contributed by atoms with E-state index in [0.717, 1.165) is 62.1 Å². The highest BCUT2D eigenvalue weighted by molar-refractivity contribution is 6.11. The zero-order chi connectivity index (χ0) is 31.6. The molecular weight excluding hydrogens is 556 g/mol. The molecule has 228 valence electrons. The van der Waals surface area contributed by atoms with Crippen LogP contribution in [0.2, 0.25) is 0 Å². The monoisotopic (exact) mass is 594 g/mol. The first kappa shape index (κ1) is 29.5. The smallest absolute Gasteiger partial charge is 0.320 e. The molecule has 0 saturated heterocycles. The Hall–Kier alpha value is -4.53. The van der Waals surface area contributed by atoms with Crippen molar-refractivity contribution in [1.29, 1.82) is 0 Å². The van der Waals surface area contributed by atoms with Crippen LogP contribution in [0.3, 0.4) is 0 Å². The van der Waals surface area contributed by atoms with Gasteiger partial charge in [-0.1, -0.05) is 33.4 Å². The first-order valence-electron chi connectivity index (χ1n) is 15.2. The number of aryl methyl sites for hydroxylation is 3. The normalized spacial score (nSPS) is 22.3. The van der Waals surface area contributed by atoms with Crippen LogP contribution in [0, 0.1) is 13.8 Å². The first-order chi connectivity index (χ1) is 21.0. The van der Waals surface area contributed by atoms with E-state index in [0.29, 0.717) is 23.4 Å². The van der Waals surface area contributed by atoms with Crippen LogP contribution in [-0.4, -0.2) is 49.9 Å². The zero-order valence-corrected chi connectivity index (χ0v) is 26.0. The number of fused-ring (bicyclic) bond motifs is 8. The average molecular weight is 595 g/mol. The minimum atomic E-state index is -1.16. The number of nitrogens with zero attached hydrogens (tertiary/aromatic N) is 2. The summed E-state index contributed by atoms with van der Waals surface area (Å²) in [5.74, 6) is -4.35. The van der Waals surface area contributed by atoms with Gasteiger partial charge in [0, 0.05) is 68.8 Å². The summed E-state index contributed by atoms with van der Waals surface area (Å²) < 4.78 is 5.15. The molecule has 2 aliphatic heterocycles. The Morgan fingerprint density at radius 2 is 1.61 bits per heavy atom. The molecule has 1 aliphatic carbocycles. The van der Waals surface area contributed by atoms with E-state index < -0.39 is 23.8 Å². The maximum Gasteiger partial charge on any atom is 0.320 e. The van der Waals surface area contributed by atoms with Crippen molar-refractivity contribution in [3.8, 4) is 0 Å². The summed E-state index contributed by atoms with van der Waals surface area (Å²) in [4.78, 5) is 56.3. The van der Waals surface area contributed by atoms with Crippen molar-refractivity contribution in [2.45, 2.75) is 83.5 Å². The van der Waals surface area contributed by atoms with Gasteiger partial charge in [-0.15, -0.1) is 0 Å². The molecule has 3 aliphatic rings. The highest BCUT2D eigenvalue weighted by atomic mass is 16.5. The van der Waals surface area contributed by atoms with E-state index in [9.17, 15) is 19.5 Å². The summed E-state index contributed by atoms with van der Waals surface area (Å²) in [6.07, 6.45) is 2.88. The number of Topliss-reactive ketones (excluding diaryl/α,β-unsaturated/α-hetero) is 1. The Kier molecular flexibility index (Phi) is 7.30. The molecule has 5 atom stereocenters. The number of methoxy groups -OCH3 is 1. The van der Waals surface area contributed by atoms with Gasteiger partial charge in [0.05, 0.1) is 24.4 Å². The van der Waals surface area contributed by atoms with Gasteiger partial charge < -0.3 is 19.8 Å². The van der Waals surface area contributed by atoms with Gasteiger partial charge in [-0.3, -0.25) is 24.4 Å². The number of H-pyrrole nitrogens is 2. The molecule has 2 unspecified atom stereocenters. The summed E-state index contributed by atoms with van der Waals surface area (Å²) in [7, 11) is 1.28. The average Bonchev–Trinajstić information content (AvgIpc) is 3.72. The van der Waals surface area contributed by atoms with Crippen LogP contribution < -0.4 is 0 Å². The number of aromatic amines is 2. The third-order valence-electron chi connectivity index (χ3n) is 9.97. The van der Waals surface area contributed by atoms with Crippen LogP contribution in [0.15, 0.2) is 24.8 Å². The number of aliphatic carboxylic acids is 1. The molecule has 0 fully saturated rings. The second kappa shape index (κ2) is 10.9. The van der Waals surface area contributed by atoms with Gasteiger partial charge in [0.1, 0.15) is 5.92 Å². The third kappa shape index (κ3) is 4.40. The van der Waals surface area contributed by atoms with Gasteiger partial charge in [0.15, 0.2) is 5.78 Å². The molecule has 6 rings (SSSR count). The van der Waals surface area contributed by atoms with Crippen LogP contribution in [-0.2, 0) is 25.5 Å². The number of carboxylic acid groups (broad SMARTS) is 1. The number of esters is 1. The first-order valence-corrected chi connectivity index (χ1v) is 15.2. The lowest BCUT2D eigenvalue weighted by Gasteiger charge is -2.18. The summed E-state index contributed by atoms with van der Waals surface area (Å²) in [6, 6.07) is 6.12. The van der Waals surface area contributed by atoms with E-state index >= 15 is 0 Å². The largest absolute Gasteiger partial charge is 0.481 e. The molecule has 0 spiro atoms. The number of hydrogen-bond acceptors (Lipinski definition) is 6. The molecule has 0 amide bonds. The van der Waals surface area contributed by atoms with Crippen LogP contribution in [0.4, 0.5) is 0 Å². The van der Waals surface area contributed by atoms with Crippen LogP contribution in [0.5, 0.6) is 0 Å². The van der Waals surface area contributed by atoms with Gasteiger partial charge in [-0.25, -0.2) is 0 Å². The van der Waals surface area contributed by atoms with Gasteiger partial charge in [-0.05, 0) is 61.6 Å². The van der Waals surface area contributed by atoms with Crippen molar-refractivity contribution in [1.82, 2.24) is 19.9 Å². The van der Waals surface area contributed by atoms with Crippen molar-refractivity contribution in [3.63, 3.8) is 0 Å². The lowest BCUT2D eigenvalue weighted by molar-refractivity contribution is -0.145. The molecule has 8 bridgehead atoms. The SMILES string of the molecule is C=Cc1c(C)c2cc3nc(c4c5nc(cc6[nH]c(cc1[nH]2)c(C)c6CC)C(C)C5C(=O)[C@@H]4C(=O)OC)[C@@H](CCC(=O)O)[C@@H]3C. The summed E-state index contributed by atoms with van der Waals surface area (Å²) in [5, 5.41) is 9.60. The molecular formula is C35H38N4O5. The third-order valence-corrected chi connectivity index (χ3v) is 9.97. The number of nitrogens with one attached hydrogen (secondary N) is 2. The standard InChI is InChI=1S/C35H38N4O5/c1-8-19-15(3)22-12-24-17(5)21(10-11-28(40)41)32(38-24)30-31(35(43)44-7)34(42)29-18(6)25(39-33(29)30)14-27-20(9-2)16(4)23(37-27)13-26(19)36-22/h8,12-14,17-18,21,29,31,36-37H,1,9-11H2,2-7H3,(H,40,41)/t17-,18?,21-,29?,31+/m0/s1. The Morgan fingerprint density at radius 1 is 0.977 bits per heavy atom. The minimum Gasteiger partial charge on any atom is -0.481 e. The quantitative estimate of drug-likeness (QED) is 0.215. The van der Waals surface area contributed by atoms with Crippen molar-refractivity contribution >= 4 is 45.9 Å². The van der Waals surface area contributed by atoms with E-state index in [1.54, 1.807) is 0 Å². The fourth-order valence-corrected chi connectivity index (χ4v) is 7.46.